The lowest BCUT2D eigenvalue weighted by Crippen LogP contribution is -2.23. The van der Waals surface area contributed by atoms with Crippen LogP contribution >= 0.6 is 0 Å². The lowest BCUT2D eigenvalue weighted by molar-refractivity contribution is -0.0474. The molecule has 0 fully saturated rings. The Kier molecular flexibility index (Phi) is 4.75. The number of alkyl halides is 2. The first-order valence-electron chi connectivity index (χ1n) is 6.50. The van der Waals surface area contributed by atoms with E-state index >= 15 is 0 Å². The molecule has 21 heavy (non-hydrogen) atoms. The van der Waals surface area contributed by atoms with Crippen LogP contribution < -0.4 is 15.2 Å². The lowest BCUT2D eigenvalue weighted by Gasteiger charge is -2.20. The summed E-state index contributed by atoms with van der Waals surface area (Å²) in [7, 11) is 1.46. The number of nitrogens with two attached hydrogens (primary N) is 1. The molecule has 0 radical (unpaired) electrons. The largest absolute Gasteiger partial charge is 0.493 e. The van der Waals surface area contributed by atoms with Gasteiger partial charge < -0.3 is 15.2 Å². The second kappa shape index (κ2) is 6.54. The molecule has 0 amide bonds. The second-order valence-corrected chi connectivity index (χ2v) is 4.51. The molecule has 0 spiro atoms. The molecule has 0 atom stereocenters. The van der Waals surface area contributed by atoms with Crippen molar-refractivity contribution in [2.45, 2.75) is 12.5 Å². The SMILES string of the molecule is COc1cccc(CN)c1OCC(F)(F)c1ccccc1. The number of benzene rings is 2. The summed E-state index contributed by atoms with van der Waals surface area (Å²) in [5.74, 6) is -2.44. The Morgan fingerprint density at radius 2 is 1.76 bits per heavy atom. The summed E-state index contributed by atoms with van der Waals surface area (Å²) >= 11 is 0. The van der Waals surface area contributed by atoms with Crippen LogP contribution in [0.1, 0.15) is 11.1 Å². The Labute approximate surface area is 122 Å². The number of hydrogen-bond acceptors (Lipinski definition) is 3. The van der Waals surface area contributed by atoms with Crippen molar-refractivity contribution >= 4 is 0 Å². The van der Waals surface area contributed by atoms with Crippen LogP contribution in [0.25, 0.3) is 0 Å². The lowest BCUT2D eigenvalue weighted by atomic mass is 10.1. The number of para-hydroxylation sites is 1. The van der Waals surface area contributed by atoms with Crippen molar-refractivity contribution in [2.24, 2.45) is 5.73 Å². The van der Waals surface area contributed by atoms with Crippen molar-refractivity contribution in [3.05, 3.63) is 59.7 Å². The quantitative estimate of drug-likeness (QED) is 0.888. The zero-order valence-corrected chi connectivity index (χ0v) is 11.7. The highest BCUT2D eigenvalue weighted by atomic mass is 19.3. The maximum atomic E-state index is 14.1. The first kappa shape index (κ1) is 15.3. The van der Waals surface area contributed by atoms with E-state index in [9.17, 15) is 8.78 Å². The smallest absolute Gasteiger partial charge is 0.306 e. The van der Waals surface area contributed by atoms with E-state index in [4.69, 9.17) is 15.2 Å². The summed E-state index contributed by atoms with van der Waals surface area (Å²) in [5, 5.41) is 0. The summed E-state index contributed by atoms with van der Waals surface area (Å²) in [6.07, 6.45) is 0. The zero-order valence-electron chi connectivity index (χ0n) is 11.7. The molecule has 0 aliphatic rings. The molecule has 0 aliphatic carbocycles. The normalized spacial score (nSPS) is 11.2. The van der Waals surface area contributed by atoms with Gasteiger partial charge >= 0.3 is 5.92 Å². The second-order valence-electron chi connectivity index (χ2n) is 4.51. The van der Waals surface area contributed by atoms with E-state index in [2.05, 4.69) is 0 Å². The van der Waals surface area contributed by atoms with Crippen LogP contribution in [-0.2, 0) is 12.5 Å². The third-order valence-corrected chi connectivity index (χ3v) is 3.09. The van der Waals surface area contributed by atoms with Crippen LogP contribution in [0.4, 0.5) is 8.78 Å². The van der Waals surface area contributed by atoms with Gasteiger partial charge in [0.25, 0.3) is 0 Å². The molecule has 2 N–H and O–H groups in total. The molecule has 0 aromatic heterocycles. The Bertz CT molecular complexity index is 566. The molecule has 0 unspecified atom stereocenters. The molecule has 0 aliphatic heterocycles. The molecule has 2 aromatic carbocycles. The number of hydrogen-bond donors (Lipinski definition) is 1. The van der Waals surface area contributed by atoms with Crippen LogP contribution in [-0.4, -0.2) is 13.7 Å². The molecule has 2 aromatic rings. The molecular formula is C16H17F2NO2. The van der Waals surface area contributed by atoms with E-state index in [1.807, 2.05) is 0 Å². The van der Waals surface area contributed by atoms with Crippen molar-refractivity contribution in [1.82, 2.24) is 0 Å². The number of methoxy groups -OCH3 is 1. The molecule has 0 saturated carbocycles. The molecule has 2 rings (SSSR count). The molecule has 0 bridgehead atoms. The minimum absolute atomic E-state index is 0.0887. The summed E-state index contributed by atoms with van der Waals surface area (Å²) in [6.45, 7) is -0.589. The van der Waals surface area contributed by atoms with E-state index in [1.165, 1.54) is 19.2 Å². The van der Waals surface area contributed by atoms with Crippen LogP contribution in [0.3, 0.4) is 0 Å². The Hall–Kier alpha value is -2.14. The van der Waals surface area contributed by atoms with Gasteiger partial charge in [0.1, 0.15) is 0 Å². The van der Waals surface area contributed by atoms with Crippen molar-refractivity contribution in [3.8, 4) is 11.5 Å². The third kappa shape index (κ3) is 3.49. The Balaban J connectivity index is 2.20. The summed E-state index contributed by atoms with van der Waals surface area (Å²) in [5.41, 5.74) is 6.14. The highest BCUT2D eigenvalue weighted by Crippen LogP contribution is 2.34. The van der Waals surface area contributed by atoms with E-state index in [0.29, 0.717) is 11.3 Å². The van der Waals surface area contributed by atoms with Gasteiger partial charge in [-0.15, -0.1) is 0 Å². The van der Waals surface area contributed by atoms with Crippen LogP contribution in [0.5, 0.6) is 11.5 Å². The van der Waals surface area contributed by atoms with E-state index in [1.54, 1.807) is 36.4 Å². The molecule has 0 heterocycles. The van der Waals surface area contributed by atoms with Crippen molar-refractivity contribution in [2.75, 3.05) is 13.7 Å². The number of ether oxygens (including phenoxy) is 2. The predicted octanol–water partition coefficient (Wildman–Crippen LogP) is 3.32. The predicted molar refractivity (Wildman–Crippen MR) is 76.7 cm³/mol. The molecular weight excluding hydrogens is 276 g/mol. The Morgan fingerprint density at radius 3 is 2.38 bits per heavy atom. The monoisotopic (exact) mass is 293 g/mol. The number of halogens is 2. The van der Waals surface area contributed by atoms with E-state index < -0.39 is 12.5 Å². The van der Waals surface area contributed by atoms with Gasteiger partial charge in [0.2, 0.25) is 0 Å². The Morgan fingerprint density at radius 1 is 1.05 bits per heavy atom. The fourth-order valence-corrected chi connectivity index (χ4v) is 1.97. The topological polar surface area (TPSA) is 44.5 Å². The first-order valence-corrected chi connectivity index (χ1v) is 6.50. The fraction of sp³-hybridized carbons (Fsp3) is 0.250. The van der Waals surface area contributed by atoms with Crippen molar-refractivity contribution in [3.63, 3.8) is 0 Å². The summed E-state index contributed by atoms with van der Waals surface area (Å²) in [6, 6.07) is 12.7. The molecule has 112 valence electrons. The van der Waals surface area contributed by atoms with Crippen LogP contribution in [0.15, 0.2) is 48.5 Å². The number of rotatable bonds is 6. The van der Waals surface area contributed by atoms with Crippen molar-refractivity contribution in [1.29, 1.82) is 0 Å². The van der Waals surface area contributed by atoms with Gasteiger partial charge in [-0.05, 0) is 6.07 Å². The van der Waals surface area contributed by atoms with Gasteiger partial charge in [0.15, 0.2) is 18.1 Å². The average Bonchev–Trinajstić information content (AvgIpc) is 2.53. The highest BCUT2D eigenvalue weighted by molar-refractivity contribution is 5.46. The van der Waals surface area contributed by atoms with Crippen LogP contribution in [0, 0.1) is 0 Å². The molecule has 0 saturated heterocycles. The summed E-state index contributed by atoms with van der Waals surface area (Å²) in [4.78, 5) is 0. The van der Waals surface area contributed by atoms with Gasteiger partial charge in [0.05, 0.1) is 7.11 Å². The molecule has 3 nitrogen and oxygen atoms in total. The maximum absolute atomic E-state index is 14.1. The minimum Gasteiger partial charge on any atom is -0.493 e. The standard InChI is InChI=1S/C16H17F2NO2/c1-20-14-9-5-6-12(10-19)15(14)21-11-16(17,18)13-7-3-2-4-8-13/h2-9H,10-11,19H2,1H3. The fourth-order valence-electron chi connectivity index (χ4n) is 1.97. The third-order valence-electron chi connectivity index (χ3n) is 3.09. The average molecular weight is 293 g/mol. The first-order chi connectivity index (χ1) is 10.1. The van der Waals surface area contributed by atoms with E-state index in [-0.39, 0.29) is 17.9 Å². The molecule has 5 heteroatoms. The van der Waals surface area contributed by atoms with Gasteiger partial charge in [-0.1, -0.05) is 42.5 Å². The highest BCUT2D eigenvalue weighted by Gasteiger charge is 2.33. The summed E-state index contributed by atoms with van der Waals surface area (Å²) < 4.78 is 38.7. The van der Waals surface area contributed by atoms with Gasteiger partial charge in [0, 0.05) is 17.7 Å². The van der Waals surface area contributed by atoms with Gasteiger partial charge in [-0.2, -0.15) is 8.78 Å². The maximum Gasteiger partial charge on any atom is 0.306 e. The minimum atomic E-state index is -3.09. The van der Waals surface area contributed by atoms with Crippen LogP contribution in [0.2, 0.25) is 0 Å². The van der Waals surface area contributed by atoms with Gasteiger partial charge in [-0.3, -0.25) is 0 Å². The zero-order chi connectivity index (χ0) is 15.3. The van der Waals surface area contributed by atoms with Crippen molar-refractivity contribution < 1.29 is 18.3 Å². The van der Waals surface area contributed by atoms with Gasteiger partial charge in [-0.25, -0.2) is 0 Å². The van der Waals surface area contributed by atoms with E-state index in [0.717, 1.165) is 0 Å².